The van der Waals surface area contributed by atoms with Crippen LogP contribution >= 0.6 is 11.6 Å². The zero-order valence-corrected chi connectivity index (χ0v) is 14.4. The summed E-state index contributed by atoms with van der Waals surface area (Å²) in [5.41, 5.74) is 4.56. The molecule has 0 aliphatic rings. The van der Waals surface area contributed by atoms with Crippen LogP contribution in [0.3, 0.4) is 0 Å². The zero-order valence-electron chi connectivity index (χ0n) is 13.7. The molecule has 0 fully saturated rings. The van der Waals surface area contributed by atoms with Gasteiger partial charge in [0.2, 0.25) is 0 Å². The molecule has 126 valence electrons. The quantitative estimate of drug-likeness (QED) is 0.576. The molecule has 0 unspecified atom stereocenters. The molecule has 0 spiro atoms. The number of unbranched alkanes of at least 4 members (excludes halogenated alkanes) is 1. The Balaban J connectivity index is 1.73. The first kappa shape index (κ1) is 18.0. The summed E-state index contributed by atoms with van der Waals surface area (Å²) in [5, 5.41) is 4.54. The van der Waals surface area contributed by atoms with Gasteiger partial charge in [0.25, 0.3) is 5.91 Å². The molecule has 0 heterocycles. The molecule has 2 aromatic rings. The molecule has 0 aliphatic carbocycles. The van der Waals surface area contributed by atoms with Gasteiger partial charge < -0.3 is 4.74 Å². The Morgan fingerprint density at radius 3 is 2.54 bits per heavy atom. The minimum atomic E-state index is -0.310. The van der Waals surface area contributed by atoms with Gasteiger partial charge in [-0.25, -0.2) is 5.43 Å². The van der Waals surface area contributed by atoms with Gasteiger partial charge in [0.15, 0.2) is 6.61 Å². The Morgan fingerprint density at radius 1 is 1.17 bits per heavy atom. The predicted octanol–water partition coefficient (Wildman–Crippen LogP) is 4.21. The number of halogens is 1. The van der Waals surface area contributed by atoms with Crippen molar-refractivity contribution in [3.8, 4) is 5.75 Å². The number of benzene rings is 2. The van der Waals surface area contributed by atoms with Gasteiger partial charge >= 0.3 is 0 Å². The number of aryl methyl sites for hydroxylation is 1. The molecule has 0 aliphatic heterocycles. The number of hydrogen-bond acceptors (Lipinski definition) is 3. The van der Waals surface area contributed by atoms with Crippen LogP contribution in [0.5, 0.6) is 5.75 Å². The summed E-state index contributed by atoms with van der Waals surface area (Å²) in [6, 6.07) is 15.0. The highest BCUT2D eigenvalue weighted by atomic mass is 35.5. The summed E-state index contributed by atoms with van der Waals surface area (Å²) in [7, 11) is 0. The molecular formula is C19H21ClN2O2. The van der Waals surface area contributed by atoms with Crippen molar-refractivity contribution in [3.63, 3.8) is 0 Å². The third-order valence-electron chi connectivity index (χ3n) is 3.39. The van der Waals surface area contributed by atoms with Gasteiger partial charge in [-0.05, 0) is 48.2 Å². The minimum absolute atomic E-state index is 0.0771. The summed E-state index contributed by atoms with van der Waals surface area (Å²) in [4.78, 5) is 11.7. The first-order valence-corrected chi connectivity index (χ1v) is 8.34. The lowest BCUT2D eigenvalue weighted by Gasteiger charge is -2.06. The predicted molar refractivity (Wildman–Crippen MR) is 97.7 cm³/mol. The summed E-state index contributed by atoms with van der Waals surface area (Å²) in [6.45, 7) is 2.10. The molecule has 0 saturated heterocycles. The SMILES string of the molecule is CCCCc1ccc(OCC(=O)NN=Cc2ccc(Cl)cc2)cc1. The number of ether oxygens (including phenoxy) is 1. The monoisotopic (exact) mass is 344 g/mol. The second-order valence-electron chi connectivity index (χ2n) is 5.38. The van der Waals surface area contributed by atoms with Crippen LogP contribution in [0.25, 0.3) is 0 Å². The zero-order chi connectivity index (χ0) is 17.2. The minimum Gasteiger partial charge on any atom is -0.484 e. The van der Waals surface area contributed by atoms with Gasteiger partial charge in [-0.2, -0.15) is 5.10 Å². The average molecular weight is 345 g/mol. The molecule has 2 aromatic carbocycles. The fraction of sp³-hybridized carbons (Fsp3) is 0.263. The van der Waals surface area contributed by atoms with Crippen LogP contribution in [0.2, 0.25) is 5.02 Å². The lowest BCUT2D eigenvalue weighted by molar-refractivity contribution is -0.123. The third-order valence-corrected chi connectivity index (χ3v) is 3.64. The Labute approximate surface area is 147 Å². The van der Waals surface area contributed by atoms with Crippen LogP contribution in [0.15, 0.2) is 53.6 Å². The highest BCUT2D eigenvalue weighted by molar-refractivity contribution is 6.30. The van der Waals surface area contributed by atoms with Gasteiger partial charge in [-0.3, -0.25) is 4.79 Å². The first-order valence-electron chi connectivity index (χ1n) is 7.96. The van der Waals surface area contributed by atoms with Crippen molar-refractivity contribution in [2.45, 2.75) is 26.2 Å². The number of carbonyl (C=O) groups excluding carboxylic acids is 1. The number of nitrogens with one attached hydrogen (secondary N) is 1. The van der Waals surface area contributed by atoms with E-state index in [0.29, 0.717) is 10.8 Å². The average Bonchev–Trinajstić information content (AvgIpc) is 2.61. The lowest BCUT2D eigenvalue weighted by atomic mass is 10.1. The summed E-state index contributed by atoms with van der Waals surface area (Å²) in [6.07, 6.45) is 4.97. The Kier molecular flexibility index (Phi) is 7.30. The fourth-order valence-electron chi connectivity index (χ4n) is 2.04. The normalized spacial score (nSPS) is 10.8. The Hall–Kier alpha value is -2.33. The maximum absolute atomic E-state index is 11.7. The van der Waals surface area contributed by atoms with E-state index in [1.807, 2.05) is 36.4 Å². The third kappa shape index (κ3) is 6.42. The fourth-order valence-corrected chi connectivity index (χ4v) is 2.17. The van der Waals surface area contributed by atoms with Gasteiger partial charge in [0.05, 0.1) is 6.21 Å². The van der Waals surface area contributed by atoms with Crippen molar-refractivity contribution < 1.29 is 9.53 Å². The van der Waals surface area contributed by atoms with Gasteiger partial charge in [-0.1, -0.05) is 49.2 Å². The van der Waals surface area contributed by atoms with E-state index in [2.05, 4.69) is 17.5 Å². The van der Waals surface area contributed by atoms with Crippen LogP contribution in [0.1, 0.15) is 30.9 Å². The number of carbonyl (C=O) groups is 1. The highest BCUT2D eigenvalue weighted by Gasteiger charge is 2.01. The maximum Gasteiger partial charge on any atom is 0.277 e. The second-order valence-corrected chi connectivity index (χ2v) is 5.82. The molecule has 1 amide bonds. The van der Waals surface area contributed by atoms with Crippen LogP contribution in [0, 0.1) is 0 Å². The van der Waals surface area contributed by atoms with Crippen molar-refractivity contribution in [1.82, 2.24) is 5.43 Å². The highest BCUT2D eigenvalue weighted by Crippen LogP contribution is 2.13. The number of hydrazone groups is 1. The molecule has 24 heavy (non-hydrogen) atoms. The van der Waals surface area contributed by atoms with E-state index in [-0.39, 0.29) is 12.5 Å². The van der Waals surface area contributed by atoms with Crippen LogP contribution in [-0.4, -0.2) is 18.7 Å². The molecular weight excluding hydrogens is 324 g/mol. The van der Waals surface area contributed by atoms with Crippen molar-refractivity contribution in [1.29, 1.82) is 0 Å². The molecule has 5 heteroatoms. The Morgan fingerprint density at radius 2 is 1.88 bits per heavy atom. The Bertz CT molecular complexity index is 667. The molecule has 0 radical (unpaired) electrons. The van der Waals surface area contributed by atoms with Crippen molar-refractivity contribution >= 4 is 23.7 Å². The van der Waals surface area contributed by atoms with E-state index in [1.165, 1.54) is 18.4 Å². The molecule has 0 aromatic heterocycles. The summed E-state index contributed by atoms with van der Waals surface area (Å²) >= 11 is 5.80. The molecule has 0 bridgehead atoms. The van der Waals surface area contributed by atoms with E-state index in [4.69, 9.17) is 16.3 Å². The van der Waals surface area contributed by atoms with Crippen LogP contribution < -0.4 is 10.2 Å². The standard InChI is InChI=1S/C19H21ClN2O2/c1-2-3-4-15-7-11-18(12-8-15)24-14-19(23)22-21-13-16-5-9-17(20)10-6-16/h5-13H,2-4,14H2,1H3,(H,22,23). The molecule has 1 N–H and O–H groups in total. The van der Waals surface area contributed by atoms with Crippen molar-refractivity contribution in [2.75, 3.05) is 6.61 Å². The lowest BCUT2D eigenvalue weighted by Crippen LogP contribution is -2.24. The first-order chi connectivity index (χ1) is 11.7. The van der Waals surface area contributed by atoms with Crippen LogP contribution in [0.4, 0.5) is 0 Å². The molecule has 0 saturated carbocycles. The summed E-state index contributed by atoms with van der Waals surface area (Å²) in [5.74, 6) is 0.363. The maximum atomic E-state index is 11.7. The van der Waals surface area contributed by atoms with E-state index in [1.54, 1.807) is 18.3 Å². The number of hydrogen-bond donors (Lipinski definition) is 1. The number of nitrogens with zero attached hydrogens (tertiary/aromatic N) is 1. The molecule has 2 rings (SSSR count). The second kappa shape index (κ2) is 9.73. The topological polar surface area (TPSA) is 50.7 Å². The van der Waals surface area contributed by atoms with Gasteiger partial charge in [0, 0.05) is 5.02 Å². The summed E-state index contributed by atoms with van der Waals surface area (Å²) < 4.78 is 5.44. The molecule has 0 atom stereocenters. The van der Waals surface area contributed by atoms with E-state index in [0.717, 1.165) is 12.0 Å². The van der Waals surface area contributed by atoms with Gasteiger partial charge in [-0.15, -0.1) is 0 Å². The van der Waals surface area contributed by atoms with E-state index >= 15 is 0 Å². The van der Waals surface area contributed by atoms with Crippen molar-refractivity contribution in [2.24, 2.45) is 5.10 Å². The largest absolute Gasteiger partial charge is 0.484 e. The van der Waals surface area contributed by atoms with Crippen LogP contribution in [-0.2, 0) is 11.2 Å². The van der Waals surface area contributed by atoms with E-state index in [9.17, 15) is 4.79 Å². The van der Waals surface area contributed by atoms with E-state index < -0.39 is 0 Å². The number of amides is 1. The van der Waals surface area contributed by atoms with Gasteiger partial charge in [0.1, 0.15) is 5.75 Å². The molecule has 4 nitrogen and oxygen atoms in total. The smallest absolute Gasteiger partial charge is 0.277 e. The number of rotatable bonds is 8. The van der Waals surface area contributed by atoms with Crippen molar-refractivity contribution in [3.05, 3.63) is 64.7 Å².